The zero-order chi connectivity index (χ0) is 14.6. The van der Waals surface area contributed by atoms with Crippen LogP contribution in [0.1, 0.15) is 18.4 Å². The second-order valence-corrected chi connectivity index (χ2v) is 4.96. The number of rotatable bonds is 5. The van der Waals surface area contributed by atoms with Crippen LogP contribution in [0.4, 0.5) is 0 Å². The maximum Gasteiger partial charge on any atom is 0.190 e. The van der Waals surface area contributed by atoms with Crippen LogP contribution in [0.15, 0.2) is 47.7 Å². The van der Waals surface area contributed by atoms with Gasteiger partial charge in [0.05, 0.1) is 14.2 Å². The van der Waals surface area contributed by atoms with Crippen molar-refractivity contribution in [2.45, 2.75) is 25.0 Å². The van der Waals surface area contributed by atoms with E-state index in [4.69, 9.17) is 9.47 Å². The summed E-state index contributed by atoms with van der Waals surface area (Å²) in [6.07, 6.45) is 5.01. The van der Waals surface area contributed by atoms with E-state index in [0.717, 1.165) is 24.2 Å². The van der Waals surface area contributed by atoms with Gasteiger partial charge >= 0.3 is 0 Å². The van der Waals surface area contributed by atoms with Crippen molar-refractivity contribution in [1.82, 2.24) is 0 Å². The molecule has 0 heterocycles. The van der Waals surface area contributed by atoms with Crippen molar-refractivity contribution in [2.24, 2.45) is 0 Å². The van der Waals surface area contributed by atoms with E-state index >= 15 is 0 Å². The molecule has 0 bridgehead atoms. The van der Waals surface area contributed by atoms with Crippen molar-refractivity contribution in [2.75, 3.05) is 14.2 Å². The number of hydrogen-bond donors (Lipinski definition) is 2. The average molecular weight is 276 g/mol. The molecule has 0 atom stereocenters. The zero-order valence-electron chi connectivity index (χ0n) is 11.8. The molecule has 0 saturated carbocycles. The van der Waals surface area contributed by atoms with E-state index in [2.05, 4.69) is 0 Å². The van der Waals surface area contributed by atoms with Gasteiger partial charge < -0.3 is 19.7 Å². The quantitative estimate of drug-likeness (QED) is 0.809. The van der Waals surface area contributed by atoms with Crippen LogP contribution in [-0.2, 0) is 11.2 Å². The molecule has 2 rings (SSSR count). The first-order chi connectivity index (χ1) is 9.52. The van der Waals surface area contributed by atoms with Crippen LogP contribution in [0.5, 0.6) is 5.75 Å². The molecule has 0 unspecified atom stereocenters. The minimum absolute atomic E-state index is 0.218. The van der Waals surface area contributed by atoms with Gasteiger partial charge in [0.2, 0.25) is 0 Å². The van der Waals surface area contributed by atoms with Crippen LogP contribution < -0.4 is 4.74 Å². The van der Waals surface area contributed by atoms with Gasteiger partial charge in [0.1, 0.15) is 11.5 Å². The molecule has 0 saturated heterocycles. The van der Waals surface area contributed by atoms with Gasteiger partial charge in [-0.15, -0.1) is 0 Å². The Labute approximate surface area is 119 Å². The molecule has 20 heavy (non-hydrogen) atoms. The average Bonchev–Trinajstić information content (AvgIpc) is 2.44. The van der Waals surface area contributed by atoms with E-state index in [1.807, 2.05) is 30.3 Å². The Morgan fingerprint density at radius 2 is 1.75 bits per heavy atom. The van der Waals surface area contributed by atoms with Gasteiger partial charge in [-0.3, -0.25) is 0 Å². The fourth-order valence-corrected chi connectivity index (χ4v) is 2.28. The van der Waals surface area contributed by atoms with Gasteiger partial charge in [0, 0.05) is 12.5 Å². The minimum atomic E-state index is -1.81. The Morgan fingerprint density at radius 1 is 1.05 bits per heavy atom. The smallest absolute Gasteiger partial charge is 0.190 e. The highest BCUT2D eigenvalue weighted by molar-refractivity contribution is 5.30. The second kappa shape index (κ2) is 6.11. The molecule has 1 aliphatic rings. The summed E-state index contributed by atoms with van der Waals surface area (Å²) >= 11 is 0. The molecular weight excluding hydrogens is 256 g/mol. The van der Waals surface area contributed by atoms with E-state index in [0.29, 0.717) is 5.76 Å². The maximum absolute atomic E-state index is 9.75. The Hall–Kier alpha value is -1.78. The Kier molecular flexibility index (Phi) is 4.47. The van der Waals surface area contributed by atoms with Gasteiger partial charge in [0.15, 0.2) is 5.79 Å². The van der Waals surface area contributed by atoms with Crippen LogP contribution in [0.3, 0.4) is 0 Å². The third-order valence-corrected chi connectivity index (χ3v) is 3.34. The number of benzene rings is 1. The van der Waals surface area contributed by atoms with Crippen molar-refractivity contribution in [3.63, 3.8) is 0 Å². The fraction of sp³-hybridized carbons (Fsp3) is 0.375. The number of hydrogen-bond acceptors (Lipinski definition) is 4. The first-order valence-electron chi connectivity index (χ1n) is 6.56. The lowest BCUT2D eigenvalue weighted by Crippen LogP contribution is -2.28. The number of ether oxygens (including phenoxy) is 2. The molecule has 2 N–H and O–H groups in total. The molecular formula is C16H20O4. The summed E-state index contributed by atoms with van der Waals surface area (Å²) in [6, 6.07) is 7.88. The summed E-state index contributed by atoms with van der Waals surface area (Å²) < 4.78 is 10.2. The number of aryl methyl sites for hydroxylation is 1. The van der Waals surface area contributed by atoms with Crippen molar-refractivity contribution < 1.29 is 19.7 Å². The molecule has 0 radical (unpaired) electrons. The van der Waals surface area contributed by atoms with Crippen molar-refractivity contribution in [1.29, 1.82) is 0 Å². The van der Waals surface area contributed by atoms with E-state index in [1.165, 1.54) is 18.7 Å². The normalized spacial score (nSPS) is 17.2. The van der Waals surface area contributed by atoms with E-state index in [9.17, 15) is 10.2 Å². The molecule has 0 aliphatic heterocycles. The SMILES string of the molecule is COC1=CC(O)(O)CC(CCc2ccc(OC)cc2)=C1. The van der Waals surface area contributed by atoms with E-state index < -0.39 is 5.79 Å². The molecule has 4 heteroatoms. The third kappa shape index (κ3) is 3.85. The largest absolute Gasteiger partial charge is 0.497 e. The third-order valence-electron chi connectivity index (χ3n) is 3.34. The molecule has 1 aromatic carbocycles. The number of methoxy groups -OCH3 is 2. The van der Waals surface area contributed by atoms with Gasteiger partial charge in [0.25, 0.3) is 0 Å². The topological polar surface area (TPSA) is 58.9 Å². The second-order valence-electron chi connectivity index (χ2n) is 4.96. The summed E-state index contributed by atoms with van der Waals surface area (Å²) in [5.74, 6) is -0.485. The van der Waals surface area contributed by atoms with Crippen LogP contribution in [0.25, 0.3) is 0 Å². The summed E-state index contributed by atoms with van der Waals surface area (Å²) in [4.78, 5) is 0. The summed E-state index contributed by atoms with van der Waals surface area (Å²) in [6.45, 7) is 0. The maximum atomic E-state index is 9.75. The van der Waals surface area contributed by atoms with Gasteiger partial charge in [-0.25, -0.2) is 0 Å². The number of allylic oxidation sites excluding steroid dienone is 1. The van der Waals surface area contributed by atoms with E-state index in [1.54, 1.807) is 7.11 Å². The van der Waals surface area contributed by atoms with Crippen LogP contribution in [0, 0.1) is 0 Å². The number of aliphatic hydroxyl groups is 2. The van der Waals surface area contributed by atoms with Crippen LogP contribution in [-0.4, -0.2) is 30.2 Å². The lowest BCUT2D eigenvalue weighted by atomic mass is 9.93. The molecule has 108 valence electrons. The molecule has 1 aliphatic carbocycles. The van der Waals surface area contributed by atoms with Crippen molar-refractivity contribution in [3.05, 3.63) is 53.3 Å². The molecule has 1 aromatic rings. The summed E-state index contributed by atoms with van der Waals surface area (Å²) in [5.41, 5.74) is 2.15. The Bertz CT molecular complexity index is 512. The minimum Gasteiger partial charge on any atom is -0.497 e. The standard InChI is InChI=1S/C16H20O4/c1-19-14-7-5-12(6-8-14)3-4-13-9-15(20-2)11-16(17,18)10-13/h5-9,11,17-18H,3-4,10H2,1-2H3. The van der Waals surface area contributed by atoms with Gasteiger partial charge in [-0.1, -0.05) is 17.7 Å². The molecule has 4 nitrogen and oxygen atoms in total. The van der Waals surface area contributed by atoms with Crippen LogP contribution in [0.2, 0.25) is 0 Å². The lowest BCUT2D eigenvalue weighted by Gasteiger charge is -2.24. The lowest BCUT2D eigenvalue weighted by molar-refractivity contribution is -0.119. The zero-order valence-corrected chi connectivity index (χ0v) is 11.8. The molecule has 0 amide bonds. The highest BCUT2D eigenvalue weighted by atomic mass is 16.5. The van der Waals surface area contributed by atoms with Crippen molar-refractivity contribution in [3.8, 4) is 5.75 Å². The fourth-order valence-electron chi connectivity index (χ4n) is 2.28. The van der Waals surface area contributed by atoms with E-state index in [-0.39, 0.29) is 6.42 Å². The van der Waals surface area contributed by atoms with Gasteiger partial charge in [-0.05, 0) is 36.6 Å². The molecule has 0 aromatic heterocycles. The molecule has 0 fully saturated rings. The van der Waals surface area contributed by atoms with Crippen LogP contribution >= 0.6 is 0 Å². The van der Waals surface area contributed by atoms with Crippen molar-refractivity contribution >= 4 is 0 Å². The Balaban J connectivity index is 1.99. The first kappa shape index (κ1) is 14.6. The summed E-state index contributed by atoms with van der Waals surface area (Å²) in [7, 11) is 3.16. The Morgan fingerprint density at radius 3 is 2.35 bits per heavy atom. The molecule has 0 spiro atoms. The highest BCUT2D eigenvalue weighted by Crippen LogP contribution is 2.28. The first-order valence-corrected chi connectivity index (χ1v) is 6.56. The van der Waals surface area contributed by atoms with Gasteiger partial charge in [-0.2, -0.15) is 0 Å². The predicted molar refractivity (Wildman–Crippen MR) is 76.3 cm³/mol. The summed E-state index contributed by atoms with van der Waals surface area (Å²) in [5, 5.41) is 19.5. The predicted octanol–water partition coefficient (Wildman–Crippen LogP) is 2.17. The monoisotopic (exact) mass is 276 g/mol. The highest BCUT2D eigenvalue weighted by Gasteiger charge is 2.26.